The normalized spacial score (nSPS) is 11.1. The topological polar surface area (TPSA) is 43.3 Å². The van der Waals surface area contributed by atoms with Gasteiger partial charge in [-0.2, -0.15) is 0 Å². The fraction of sp³-hybridized carbons (Fsp3) is 0.0714. The summed E-state index contributed by atoms with van der Waals surface area (Å²) in [5, 5.41) is 1.28. The number of fused-ring (bicyclic) bond motifs is 1. The molecule has 3 aromatic rings. The lowest BCUT2D eigenvalue weighted by molar-refractivity contribution is 1.20. The third-order valence-corrected chi connectivity index (χ3v) is 3.53. The van der Waals surface area contributed by atoms with Crippen molar-refractivity contribution in [3.05, 3.63) is 52.1 Å². The van der Waals surface area contributed by atoms with Gasteiger partial charge in [-0.15, -0.1) is 0 Å². The van der Waals surface area contributed by atoms with Gasteiger partial charge < -0.3 is 5.73 Å². The van der Waals surface area contributed by atoms with E-state index < -0.39 is 0 Å². The maximum atomic E-state index is 6.16. The van der Waals surface area contributed by atoms with E-state index in [4.69, 9.17) is 28.9 Å². The lowest BCUT2D eigenvalue weighted by Gasteiger charge is -2.04. The summed E-state index contributed by atoms with van der Waals surface area (Å²) in [6.45, 7) is 2.00. The van der Waals surface area contributed by atoms with Crippen LogP contribution in [-0.2, 0) is 0 Å². The smallest absolute Gasteiger partial charge is 0.139 e. The molecule has 0 aliphatic heterocycles. The molecule has 0 bridgehead atoms. The van der Waals surface area contributed by atoms with Crippen LogP contribution in [0.1, 0.15) is 5.56 Å². The molecule has 3 nitrogen and oxygen atoms in total. The second kappa shape index (κ2) is 4.44. The van der Waals surface area contributed by atoms with E-state index in [2.05, 4.69) is 4.98 Å². The number of imidazole rings is 1. The van der Waals surface area contributed by atoms with Gasteiger partial charge in [0.25, 0.3) is 0 Å². The summed E-state index contributed by atoms with van der Waals surface area (Å²) < 4.78 is 1.78. The van der Waals surface area contributed by atoms with E-state index in [1.165, 1.54) is 0 Å². The zero-order valence-corrected chi connectivity index (χ0v) is 11.7. The quantitative estimate of drug-likeness (QED) is 0.730. The second-order valence-corrected chi connectivity index (χ2v) is 5.25. The molecule has 0 fully saturated rings. The largest absolute Gasteiger partial charge is 0.383 e. The summed E-state index contributed by atoms with van der Waals surface area (Å²) in [5.41, 5.74) is 9.65. The molecule has 0 saturated carbocycles. The molecule has 0 aliphatic rings. The van der Waals surface area contributed by atoms with E-state index in [0.29, 0.717) is 15.9 Å². The van der Waals surface area contributed by atoms with E-state index >= 15 is 0 Å². The van der Waals surface area contributed by atoms with Crippen molar-refractivity contribution in [1.82, 2.24) is 9.38 Å². The van der Waals surface area contributed by atoms with E-state index in [0.717, 1.165) is 22.5 Å². The first-order valence-corrected chi connectivity index (χ1v) is 6.51. The number of nitrogen functional groups attached to an aromatic ring is 1. The van der Waals surface area contributed by atoms with Crippen LogP contribution in [0, 0.1) is 6.92 Å². The van der Waals surface area contributed by atoms with Gasteiger partial charge >= 0.3 is 0 Å². The average Bonchev–Trinajstić information content (AvgIpc) is 2.70. The van der Waals surface area contributed by atoms with Crippen LogP contribution in [0.2, 0.25) is 10.0 Å². The molecule has 0 unspecified atom stereocenters. The molecule has 5 heteroatoms. The van der Waals surface area contributed by atoms with Crippen molar-refractivity contribution >= 4 is 34.7 Å². The van der Waals surface area contributed by atoms with Crippen LogP contribution in [-0.4, -0.2) is 9.38 Å². The minimum atomic E-state index is 0.558. The highest BCUT2D eigenvalue weighted by molar-refractivity contribution is 6.31. The Balaban J connectivity index is 2.31. The van der Waals surface area contributed by atoms with Crippen LogP contribution in [0.5, 0.6) is 0 Å². The van der Waals surface area contributed by atoms with Gasteiger partial charge in [-0.05, 0) is 36.8 Å². The number of hydrogen-bond acceptors (Lipinski definition) is 2. The molecule has 2 heterocycles. The van der Waals surface area contributed by atoms with Crippen LogP contribution in [0.15, 0.2) is 36.5 Å². The number of nitrogens with zero attached hydrogens (tertiary/aromatic N) is 2. The summed E-state index contributed by atoms with van der Waals surface area (Å²) in [5.74, 6) is 0.558. The molecule has 1 aromatic carbocycles. The number of hydrogen-bond donors (Lipinski definition) is 1. The molecule has 0 radical (unpaired) electrons. The Morgan fingerprint density at radius 2 is 1.84 bits per heavy atom. The molecule has 19 heavy (non-hydrogen) atoms. The maximum Gasteiger partial charge on any atom is 0.139 e. The van der Waals surface area contributed by atoms with E-state index in [1.54, 1.807) is 16.7 Å². The molecule has 0 atom stereocenters. The molecule has 0 saturated heterocycles. The van der Waals surface area contributed by atoms with Gasteiger partial charge in [0.15, 0.2) is 0 Å². The highest BCUT2D eigenvalue weighted by Crippen LogP contribution is 2.31. The fourth-order valence-electron chi connectivity index (χ4n) is 2.08. The number of aromatic nitrogens is 2. The monoisotopic (exact) mass is 291 g/mol. The minimum Gasteiger partial charge on any atom is -0.383 e. The molecule has 2 N–H and O–H groups in total. The number of rotatable bonds is 1. The summed E-state index contributed by atoms with van der Waals surface area (Å²) >= 11 is 12.0. The highest BCUT2D eigenvalue weighted by atomic mass is 35.5. The number of benzene rings is 1. The lowest BCUT2D eigenvalue weighted by Crippen LogP contribution is -1.94. The lowest BCUT2D eigenvalue weighted by atomic mass is 10.1. The van der Waals surface area contributed by atoms with Crippen molar-refractivity contribution in [3.63, 3.8) is 0 Å². The Kier molecular flexibility index (Phi) is 2.88. The first-order valence-electron chi connectivity index (χ1n) is 5.76. The third-order valence-electron chi connectivity index (χ3n) is 3.07. The molecule has 2 aromatic heterocycles. The van der Waals surface area contributed by atoms with Crippen molar-refractivity contribution in [2.24, 2.45) is 0 Å². The third kappa shape index (κ3) is 2.05. The maximum absolute atomic E-state index is 6.16. The minimum absolute atomic E-state index is 0.558. The first kappa shape index (κ1) is 12.3. The summed E-state index contributed by atoms with van der Waals surface area (Å²) in [4.78, 5) is 4.55. The Hall–Kier alpha value is -1.71. The number of halogens is 2. The van der Waals surface area contributed by atoms with Gasteiger partial charge in [0.1, 0.15) is 17.2 Å². The van der Waals surface area contributed by atoms with Crippen molar-refractivity contribution in [3.8, 4) is 11.3 Å². The Bertz CT molecular complexity index is 778. The highest BCUT2D eigenvalue weighted by Gasteiger charge is 2.13. The fourth-order valence-corrected chi connectivity index (χ4v) is 2.42. The van der Waals surface area contributed by atoms with Crippen LogP contribution in [0.25, 0.3) is 16.9 Å². The van der Waals surface area contributed by atoms with Gasteiger partial charge in [-0.25, -0.2) is 4.98 Å². The predicted molar refractivity (Wildman–Crippen MR) is 79.8 cm³/mol. The zero-order chi connectivity index (χ0) is 13.6. The summed E-state index contributed by atoms with van der Waals surface area (Å²) in [6.07, 6.45) is 1.75. The summed E-state index contributed by atoms with van der Waals surface area (Å²) in [7, 11) is 0. The standard InChI is InChI=1S/C14H11Cl2N3/c1-8-2-3-9(15)6-11(8)13-14(17)19-7-10(16)4-5-12(19)18-13/h2-7H,17H2,1H3. The van der Waals surface area contributed by atoms with Crippen LogP contribution in [0.3, 0.4) is 0 Å². The predicted octanol–water partition coefficient (Wildman–Crippen LogP) is 4.20. The Morgan fingerprint density at radius 3 is 2.63 bits per heavy atom. The van der Waals surface area contributed by atoms with Crippen molar-refractivity contribution in [2.75, 3.05) is 5.73 Å². The SMILES string of the molecule is Cc1ccc(Cl)cc1-c1nc2ccc(Cl)cn2c1N. The van der Waals surface area contributed by atoms with Crippen LogP contribution < -0.4 is 5.73 Å². The van der Waals surface area contributed by atoms with E-state index in [9.17, 15) is 0 Å². The van der Waals surface area contributed by atoms with E-state index in [1.807, 2.05) is 31.2 Å². The van der Waals surface area contributed by atoms with Crippen LogP contribution >= 0.6 is 23.2 Å². The van der Waals surface area contributed by atoms with Gasteiger partial charge in [-0.1, -0.05) is 29.3 Å². The second-order valence-electron chi connectivity index (χ2n) is 4.38. The zero-order valence-electron chi connectivity index (χ0n) is 10.2. The van der Waals surface area contributed by atoms with Gasteiger partial charge in [0.2, 0.25) is 0 Å². The molecule has 0 spiro atoms. The molecule has 0 aliphatic carbocycles. The molecule has 0 amide bonds. The molecular formula is C14H11Cl2N3. The Labute approximate surface area is 120 Å². The number of pyridine rings is 1. The number of anilines is 1. The molecule has 3 rings (SSSR count). The van der Waals surface area contributed by atoms with Crippen molar-refractivity contribution < 1.29 is 0 Å². The van der Waals surface area contributed by atoms with Crippen molar-refractivity contribution in [2.45, 2.75) is 6.92 Å². The Morgan fingerprint density at radius 1 is 1.11 bits per heavy atom. The average molecular weight is 292 g/mol. The van der Waals surface area contributed by atoms with E-state index in [-0.39, 0.29) is 0 Å². The van der Waals surface area contributed by atoms with Gasteiger partial charge in [0, 0.05) is 16.8 Å². The molecular weight excluding hydrogens is 281 g/mol. The van der Waals surface area contributed by atoms with Gasteiger partial charge in [-0.3, -0.25) is 4.40 Å². The van der Waals surface area contributed by atoms with Crippen molar-refractivity contribution in [1.29, 1.82) is 0 Å². The first-order chi connectivity index (χ1) is 9.06. The number of nitrogens with two attached hydrogens (primary N) is 1. The van der Waals surface area contributed by atoms with Gasteiger partial charge in [0.05, 0.1) is 5.02 Å². The van der Waals surface area contributed by atoms with Crippen LogP contribution in [0.4, 0.5) is 5.82 Å². The summed E-state index contributed by atoms with van der Waals surface area (Å²) in [6, 6.07) is 9.30. The molecule has 96 valence electrons. The number of aryl methyl sites for hydroxylation is 1.